The molecule has 0 aliphatic heterocycles. The average molecular weight is 182 g/mol. The maximum atomic E-state index is 5.26. The number of methoxy groups -OCH3 is 2. The lowest BCUT2D eigenvalue weighted by Gasteiger charge is -2.10. The van der Waals surface area contributed by atoms with E-state index in [0.717, 1.165) is 27.8 Å². The zero-order chi connectivity index (χ0) is 8.97. The number of ether oxygens (including phenoxy) is 2. The first-order chi connectivity index (χ1) is 5.83. The van der Waals surface area contributed by atoms with Gasteiger partial charge >= 0.3 is 0 Å². The Bertz CT molecular complexity index is 238. The van der Waals surface area contributed by atoms with Gasteiger partial charge in [0, 0.05) is 10.2 Å². The molecule has 0 unspecified atom stereocenters. The summed E-state index contributed by atoms with van der Waals surface area (Å²) < 4.78 is 10.4. The van der Waals surface area contributed by atoms with E-state index in [0.29, 0.717) is 0 Å². The largest absolute Gasteiger partial charge is 0.493 e. The van der Waals surface area contributed by atoms with Crippen molar-refractivity contribution in [3.63, 3.8) is 0 Å². The molecule has 0 N–H and O–H groups in total. The second-order valence-corrected chi connectivity index (χ2v) is 3.21. The molecule has 0 aliphatic carbocycles. The number of hydrogen-bond acceptors (Lipinski definition) is 2. The molecule has 0 aliphatic rings. The van der Waals surface area contributed by atoms with Crippen molar-refractivity contribution in [2.45, 2.75) is 6.04 Å². The van der Waals surface area contributed by atoms with Crippen LogP contribution in [-0.2, 0) is 6.04 Å². The van der Waals surface area contributed by atoms with E-state index in [1.54, 1.807) is 14.2 Å². The van der Waals surface area contributed by atoms with Gasteiger partial charge in [0.2, 0.25) is 0 Å². The molecular formula is C9H14O2Si. The Morgan fingerprint density at radius 3 is 2.50 bits per heavy atom. The Morgan fingerprint density at radius 1 is 1.25 bits per heavy atom. The lowest BCUT2D eigenvalue weighted by molar-refractivity contribution is 0.352. The van der Waals surface area contributed by atoms with Crippen molar-refractivity contribution in [1.82, 2.24) is 0 Å². The Kier molecular flexibility index (Phi) is 3.16. The highest BCUT2D eigenvalue weighted by Crippen LogP contribution is 2.30. The molecule has 0 atom stereocenters. The quantitative estimate of drug-likeness (QED) is 0.636. The van der Waals surface area contributed by atoms with E-state index >= 15 is 0 Å². The summed E-state index contributed by atoms with van der Waals surface area (Å²) in [4.78, 5) is 0. The fraction of sp³-hybridized carbons (Fsp3) is 0.333. The van der Waals surface area contributed by atoms with Crippen LogP contribution in [0.25, 0.3) is 0 Å². The maximum absolute atomic E-state index is 5.26. The molecule has 1 rings (SSSR count). The van der Waals surface area contributed by atoms with E-state index in [-0.39, 0.29) is 0 Å². The number of benzene rings is 1. The normalized spacial score (nSPS) is 9.83. The van der Waals surface area contributed by atoms with Gasteiger partial charge in [-0.2, -0.15) is 0 Å². The second kappa shape index (κ2) is 4.16. The summed E-state index contributed by atoms with van der Waals surface area (Å²) in [7, 11) is 4.49. The van der Waals surface area contributed by atoms with Gasteiger partial charge in [0.1, 0.15) is 0 Å². The molecule has 0 saturated carbocycles. The van der Waals surface area contributed by atoms with Crippen LogP contribution in [-0.4, -0.2) is 24.5 Å². The predicted octanol–water partition coefficient (Wildman–Crippen LogP) is 0.569. The summed E-state index contributed by atoms with van der Waals surface area (Å²) in [6.07, 6.45) is 0. The van der Waals surface area contributed by atoms with Crippen molar-refractivity contribution in [2.24, 2.45) is 0 Å². The number of hydrogen-bond donors (Lipinski definition) is 0. The van der Waals surface area contributed by atoms with Crippen molar-refractivity contribution in [2.75, 3.05) is 14.2 Å². The Balaban J connectivity index is 3.13. The third-order valence-electron chi connectivity index (χ3n) is 1.87. The number of rotatable bonds is 3. The lowest BCUT2D eigenvalue weighted by atomic mass is 10.2. The maximum Gasteiger partial charge on any atom is 0.163 e. The van der Waals surface area contributed by atoms with Gasteiger partial charge < -0.3 is 9.47 Å². The summed E-state index contributed by atoms with van der Waals surface area (Å²) in [5.74, 6) is 1.71. The van der Waals surface area contributed by atoms with Gasteiger partial charge in [0.05, 0.1) is 14.2 Å². The van der Waals surface area contributed by atoms with Crippen LogP contribution in [0, 0.1) is 0 Å². The van der Waals surface area contributed by atoms with Gasteiger partial charge in [-0.3, -0.25) is 0 Å². The third kappa shape index (κ3) is 1.61. The Morgan fingerprint density at radius 2 is 2.00 bits per heavy atom. The average Bonchev–Trinajstić information content (AvgIpc) is 2.16. The van der Waals surface area contributed by atoms with Crippen molar-refractivity contribution in [3.05, 3.63) is 23.8 Å². The summed E-state index contributed by atoms with van der Waals surface area (Å²) in [6.45, 7) is 0. The molecule has 1 aromatic rings. The minimum Gasteiger partial charge on any atom is -0.493 e. The summed E-state index contributed by atoms with van der Waals surface area (Å²) >= 11 is 0. The van der Waals surface area contributed by atoms with Crippen LogP contribution in [0.2, 0.25) is 0 Å². The molecule has 0 radical (unpaired) electrons. The predicted molar refractivity (Wildman–Crippen MR) is 53.2 cm³/mol. The van der Waals surface area contributed by atoms with Crippen LogP contribution < -0.4 is 9.47 Å². The van der Waals surface area contributed by atoms with Crippen LogP contribution in [0.4, 0.5) is 0 Å². The smallest absolute Gasteiger partial charge is 0.163 e. The molecule has 66 valence electrons. The molecule has 0 heterocycles. The van der Waals surface area contributed by atoms with E-state index in [4.69, 9.17) is 9.47 Å². The SMILES string of the molecule is COc1cccc(C[SiH3])c1OC. The third-order valence-corrected chi connectivity index (χ3v) is 2.63. The number of para-hydroxylation sites is 1. The van der Waals surface area contributed by atoms with Crippen LogP contribution in [0.1, 0.15) is 5.56 Å². The molecule has 0 amide bonds. The van der Waals surface area contributed by atoms with Crippen LogP contribution >= 0.6 is 0 Å². The second-order valence-electron chi connectivity index (χ2n) is 2.51. The van der Waals surface area contributed by atoms with Gasteiger partial charge in [-0.15, -0.1) is 0 Å². The summed E-state index contributed by atoms with van der Waals surface area (Å²) in [5, 5.41) is 0. The van der Waals surface area contributed by atoms with Crippen LogP contribution in [0.5, 0.6) is 11.5 Å². The molecule has 12 heavy (non-hydrogen) atoms. The monoisotopic (exact) mass is 182 g/mol. The zero-order valence-electron chi connectivity index (χ0n) is 7.76. The van der Waals surface area contributed by atoms with Crippen molar-refractivity contribution < 1.29 is 9.47 Å². The molecule has 0 aromatic heterocycles. The van der Waals surface area contributed by atoms with Gasteiger partial charge in [-0.25, -0.2) is 0 Å². The fourth-order valence-electron chi connectivity index (χ4n) is 1.23. The minimum absolute atomic E-state index is 0.825. The van der Waals surface area contributed by atoms with Crippen LogP contribution in [0.15, 0.2) is 18.2 Å². The van der Waals surface area contributed by atoms with E-state index in [2.05, 4.69) is 6.07 Å². The molecule has 2 nitrogen and oxygen atoms in total. The molecule has 0 bridgehead atoms. The zero-order valence-corrected chi connectivity index (χ0v) is 9.76. The first kappa shape index (κ1) is 9.13. The van der Waals surface area contributed by atoms with Gasteiger partial charge in [-0.1, -0.05) is 12.1 Å². The first-order valence-corrected chi connectivity index (χ1v) is 5.44. The van der Waals surface area contributed by atoms with Crippen molar-refractivity contribution in [3.8, 4) is 11.5 Å². The molecule has 0 saturated heterocycles. The minimum atomic E-state index is 0.825. The van der Waals surface area contributed by atoms with Crippen LogP contribution in [0.3, 0.4) is 0 Å². The summed E-state index contributed by atoms with van der Waals surface area (Å²) in [6, 6.07) is 7.09. The lowest BCUT2D eigenvalue weighted by Crippen LogP contribution is -1.95. The van der Waals surface area contributed by atoms with Crippen molar-refractivity contribution in [1.29, 1.82) is 0 Å². The molecule has 0 fully saturated rings. The highest BCUT2D eigenvalue weighted by molar-refractivity contribution is 6.08. The van der Waals surface area contributed by atoms with E-state index in [1.807, 2.05) is 12.1 Å². The molecular weight excluding hydrogens is 168 g/mol. The van der Waals surface area contributed by atoms with E-state index in [9.17, 15) is 0 Å². The van der Waals surface area contributed by atoms with Gasteiger partial charge in [0.25, 0.3) is 0 Å². The summed E-state index contributed by atoms with van der Waals surface area (Å²) in [5.41, 5.74) is 1.24. The van der Waals surface area contributed by atoms with Gasteiger partial charge in [0.15, 0.2) is 11.5 Å². The van der Waals surface area contributed by atoms with E-state index in [1.165, 1.54) is 5.56 Å². The van der Waals surface area contributed by atoms with Gasteiger partial charge in [-0.05, 0) is 17.7 Å². The van der Waals surface area contributed by atoms with E-state index < -0.39 is 0 Å². The Labute approximate surface area is 75.9 Å². The topological polar surface area (TPSA) is 18.5 Å². The standard InChI is InChI=1S/C9H14O2Si/c1-10-8-5-3-4-7(6-12)9(8)11-2/h3-5H,6H2,1-2,12H3. The highest BCUT2D eigenvalue weighted by atomic mass is 28.1. The van der Waals surface area contributed by atoms with Crippen molar-refractivity contribution >= 4 is 10.2 Å². The molecule has 1 aromatic carbocycles. The Hall–Kier alpha value is -0.963. The highest BCUT2D eigenvalue weighted by Gasteiger charge is 2.06. The fourth-order valence-corrected chi connectivity index (χ4v) is 1.79. The molecule has 3 heteroatoms. The first-order valence-electron chi connectivity index (χ1n) is 4.03. The molecule has 0 spiro atoms.